The third-order valence-corrected chi connectivity index (χ3v) is 5.55. The van der Waals surface area contributed by atoms with Gasteiger partial charge < -0.3 is 5.32 Å². The minimum absolute atomic E-state index is 0.323. The second kappa shape index (κ2) is 7.55. The Morgan fingerprint density at radius 2 is 1.96 bits per heavy atom. The molecule has 0 saturated carbocycles. The van der Waals surface area contributed by atoms with E-state index in [0.29, 0.717) is 20.9 Å². The summed E-state index contributed by atoms with van der Waals surface area (Å²) in [4.78, 5) is 12.3. The van der Waals surface area contributed by atoms with Gasteiger partial charge in [0.05, 0.1) is 17.0 Å². The first-order chi connectivity index (χ1) is 11.2. The third-order valence-electron chi connectivity index (χ3n) is 3.18. The van der Waals surface area contributed by atoms with E-state index in [1.165, 1.54) is 0 Å². The van der Waals surface area contributed by atoms with E-state index in [1.807, 2.05) is 13.0 Å². The lowest BCUT2D eigenvalue weighted by atomic mass is 10.2. The summed E-state index contributed by atoms with van der Waals surface area (Å²) in [6, 6.07) is 11.9. The van der Waals surface area contributed by atoms with Crippen molar-refractivity contribution in [2.75, 3.05) is 22.4 Å². The standard InChI is InChI=1S/C16H16BrClN2O3S/c1-11-4-3-5-13(8-11)20(24(2,22)23)10-16(21)19-12-6-7-14(17)15(18)9-12/h3-9H,10H2,1-2H3,(H,19,21). The highest BCUT2D eigenvalue weighted by atomic mass is 79.9. The monoisotopic (exact) mass is 430 g/mol. The van der Waals surface area contributed by atoms with Crippen molar-refractivity contribution >= 4 is 54.8 Å². The molecule has 2 aromatic rings. The summed E-state index contributed by atoms with van der Waals surface area (Å²) in [5, 5.41) is 3.10. The first-order valence-electron chi connectivity index (χ1n) is 6.96. The maximum Gasteiger partial charge on any atom is 0.245 e. The SMILES string of the molecule is Cc1cccc(N(CC(=O)Nc2ccc(Br)c(Cl)c2)S(C)(=O)=O)c1. The van der Waals surface area contributed by atoms with Crippen LogP contribution in [0.15, 0.2) is 46.9 Å². The predicted molar refractivity (Wildman–Crippen MR) is 101 cm³/mol. The van der Waals surface area contributed by atoms with Crippen LogP contribution in [0, 0.1) is 6.92 Å². The van der Waals surface area contributed by atoms with Crippen LogP contribution in [-0.4, -0.2) is 27.1 Å². The van der Waals surface area contributed by atoms with Crippen molar-refractivity contribution < 1.29 is 13.2 Å². The van der Waals surface area contributed by atoms with Gasteiger partial charge in [0.1, 0.15) is 6.54 Å². The van der Waals surface area contributed by atoms with Crippen LogP contribution in [-0.2, 0) is 14.8 Å². The van der Waals surface area contributed by atoms with Crippen LogP contribution in [0.3, 0.4) is 0 Å². The van der Waals surface area contributed by atoms with Crippen LogP contribution < -0.4 is 9.62 Å². The van der Waals surface area contributed by atoms with Gasteiger partial charge in [0.2, 0.25) is 15.9 Å². The number of nitrogens with zero attached hydrogens (tertiary/aromatic N) is 1. The number of sulfonamides is 1. The van der Waals surface area contributed by atoms with Crippen LogP contribution in [0.5, 0.6) is 0 Å². The summed E-state index contributed by atoms with van der Waals surface area (Å²) in [6.07, 6.45) is 1.07. The Morgan fingerprint density at radius 3 is 2.54 bits per heavy atom. The smallest absolute Gasteiger partial charge is 0.245 e. The molecule has 8 heteroatoms. The Bertz CT molecular complexity index is 871. The van der Waals surface area contributed by atoms with E-state index in [9.17, 15) is 13.2 Å². The zero-order valence-corrected chi connectivity index (χ0v) is 16.2. The fourth-order valence-corrected chi connectivity index (χ4v) is 3.36. The van der Waals surface area contributed by atoms with Gasteiger partial charge in [-0.1, -0.05) is 23.7 Å². The lowest BCUT2D eigenvalue weighted by Crippen LogP contribution is -2.37. The van der Waals surface area contributed by atoms with E-state index < -0.39 is 15.9 Å². The molecule has 0 aromatic heterocycles. The van der Waals surface area contributed by atoms with Crippen molar-refractivity contribution in [2.45, 2.75) is 6.92 Å². The molecule has 2 rings (SSSR count). The number of anilines is 2. The highest BCUT2D eigenvalue weighted by molar-refractivity contribution is 9.10. The molecular formula is C16H16BrClN2O3S. The minimum atomic E-state index is -3.60. The Morgan fingerprint density at radius 1 is 1.25 bits per heavy atom. The molecule has 0 atom stereocenters. The van der Waals surface area contributed by atoms with Crippen molar-refractivity contribution in [3.63, 3.8) is 0 Å². The van der Waals surface area contributed by atoms with Crippen molar-refractivity contribution in [3.8, 4) is 0 Å². The first kappa shape index (κ1) is 18.8. The predicted octanol–water partition coefficient (Wildman–Crippen LogP) is 3.82. The molecule has 128 valence electrons. The number of carbonyl (C=O) groups is 1. The largest absolute Gasteiger partial charge is 0.324 e. The van der Waals surface area contributed by atoms with Crippen molar-refractivity contribution in [2.24, 2.45) is 0 Å². The molecule has 0 bridgehead atoms. The summed E-state index contributed by atoms with van der Waals surface area (Å²) in [6.45, 7) is 1.53. The number of carbonyl (C=O) groups excluding carboxylic acids is 1. The average molecular weight is 432 g/mol. The molecule has 0 saturated heterocycles. The fraction of sp³-hybridized carbons (Fsp3) is 0.188. The summed E-state index contributed by atoms with van der Waals surface area (Å²) in [5.41, 5.74) is 1.84. The topological polar surface area (TPSA) is 66.5 Å². The second-order valence-electron chi connectivity index (χ2n) is 5.29. The molecule has 0 heterocycles. The average Bonchev–Trinajstić information content (AvgIpc) is 2.47. The summed E-state index contributed by atoms with van der Waals surface area (Å²) >= 11 is 9.25. The quantitative estimate of drug-likeness (QED) is 0.783. The van der Waals surface area contributed by atoms with Gasteiger partial charge in [-0.3, -0.25) is 9.10 Å². The number of nitrogens with one attached hydrogen (secondary N) is 1. The Labute approximate surface area is 154 Å². The van der Waals surface area contributed by atoms with Crippen LogP contribution in [0.1, 0.15) is 5.56 Å². The van der Waals surface area contributed by atoms with Gasteiger partial charge >= 0.3 is 0 Å². The Balaban J connectivity index is 2.20. The molecule has 1 amide bonds. The number of aryl methyl sites for hydroxylation is 1. The molecule has 0 radical (unpaired) electrons. The molecule has 0 aliphatic heterocycles. The van der Waals surface area contributed by atoms with Gasteiger partial charge in [-0.25, -0.2) is 8.42 Å². The first-order valence-corrected chi connectivity index (χ1v) is 9.98. The van der Waals surface area contributed by atoms with Gasteiger partial charge in [0.15, 0.2) is 0 Å². The fourth-order valence-electron chi connectivity index (χ4n) is 2.09. The molecule has 1 N–H and O–H groups in total. The molecule has 0 fully saturated rings. The molecule has 0 aliphatic carbocycles. The van der Waals surface area contributed by atoms with Gasteiger partial charge in [0, 0.05) is 10.2 Å². The van der Waals surface area contributed by atoms with Crippen LogP contribution >= 0.6 is 27.5 Å². The molecule has 5 nitrogen and oxygen atoms in total. The van der Waals surface area contributed by atoms with E-state index in [1.54, 1.807) is 36.4 Å². The Hall–Kier alpha value is -1.57. The summed E-state index contributed by atoms with van der Waals surface area (Å²) in [7, 11) is -3.60. The normalized spacial score (nSPS) is 11.2. The van der Waals surface area contributed by atoms with Crippen molar-refractivity contribution in [1.82, 2.24) is 0 Å². The molecule has 2 aromatic carbocycles. The number of benzene rings is 2. The Kier molecular flexibility index (Phi) is 5.90. The maximum atomic E-state index is 12.3. The van der Waals surface area contributed by atoms with E-state index in [-0.39, 0.29) is 6.54 Å². The molecular weight excluding hydrogens is 416 g/mol. The van der Waals surface area contributed by atoms with Crippen LogP contribution in [0.2, 0.25) is 5.02 Å². The van der Waals surface area contributed by atoms with Crippen molar-refractivity contribution in [3.05, 3.63) is 57.5 Å². The summed E-state index contributed by atoms with van der Waals surface area (Å²) < 4.78 is 25.9. The number of amides is 1. The maximum absolute atomic E-state index is 12.3. The third kappa shape index (κ3) is 4.96. The molecule has 24 heavy (non-hydrogen) atoms. The molecule has 0 unspecified atom stereocenters. The lowest BCUT2D eigenvalue weighted by Gasteiger charge is -2.22. The lowest BCUT2D eigenvalue weighted by molar-refractivity contribution is -0.114. The molecule has 0 spiro atoms. The van der Waals surface area contributed by atoms with Crippen LogP contribution in [0.4, 0.5) is 11.4 Å². The van der Waals surface area contributed by atoms with Gasteiger partial charge in [-0.2, -0.15) is 0 Å². The number of hydrogen-bond donors (Lipinski definition) is 1. The minimum Gasteiger partial charge on any atom is -0.324 e. The highest BCUT2D eigenvalue weighted by Crippen LogP contribution is 2.25. The number of hydrogen-bond acceptors (Lipinski definition) is 3. The van der Waals surface area contributed by atoms with E-state index >= 15 is 0 Å². The van der Waals surface area contributed by atoms with Gasteiger partial charge in [-0.05, 0) is 58.7 Å². The zero-order chi connectivity index (χ0) is 17.9. The van der Waals surface area contributed by atoms with Gasteiger partial charge in [0.25, 0.3) is 0 Å². The summed E-state index contributed by atoms with van der Waals surface area (Å²) in [5.74, 6) is -0.458. The van der Waals surface area contributed by atoms with Crippen LogP contribution in [0.25, 0.3) is 0 Å². The molecule has 0 aliphatic rings. The second-order valence-corrected chi connectivity index (χ2v) is 8.45. The number of halogens is 2. The van der Waals surface area contributed by atoms with E-state index in [4.69, 9.17) is 11.6 Å². The van der Waals surface area contributed by atoms with E-state index in [2.05, 4.69) is 21.2 Å². The number of rotatable bonds is 5. The van der Waals surface area contributed by atoms with E-state index in [0.717, 1.165) is 16.1 Å². The zero-order valence-electron chi connectivity index (χ0n) is 13.1. The van der Waals surface area contributed by atoms with Crippen molar-refractivity contribution in [1.29, 1.82) is 0 Å². The van der Waals surface area contributed by atoms with Gasteiger partial charge in [-0.15, -0.1) is 0 Å². The highest BCUT2D eigenvalue weighted by Gasteiger charge is 2.21.